The number of hydrogen-bond donors (Lipinski definition) is 1. The molecule has 2 aliphatic rings. The van der Waals surface area contributed by atoms with E-state index in [-0.39, 0.29) is 28.6 Å². The normalized spacial score (nSPS) is 21.1. The Hall–Kier alpha value is -2.36. The van der Waals surface area contributed by atoms with Crippen LogP contribution in [0.2, 0.25) is 0 Å². The maximum atomic E-state index is 13.4. The minimum absolute atomic E-state index is 0.0357. The van der Waals surface area contributed by atoms with Crippen LogP contribution >= 0.6 is 0 Å². The van der Waals surface area contributed by atoms with Gasteiger partial charge in [0.25, 0.3) is 5.91 Å². The molecule has 2 aliphatic heterocycles. The van der Waals surface area contributed by atoms with E-state index in [2.05, 4.69) is 10.2 Å². The zero-order chi connectivity index (χ0) is 23.4. The van der Waals surface area contributed by atoms with Crippen LogP contribution in [0.4, 0.5) is 0 Å². The molecular formula is C24H33N3O5S. The van der Waals surface area contributed by atoms with E-state index in [1.54, 1.807) is 18.4 Å². The number of sulfonamides is 1. The summed E-state index contributed by atoms with van der Waals surface area (Å²) in [6.45, 7) is 4.70. The topological polar surface area (TPSA) is 92.1 Å². The van der Waals surface area contributed by atoms with Gasteiger partial charge in [-0.1, -0.05) is 6.42 Å². The Labute approximate surface area is 195 Å². The van der Waals surface area contributed by atoms with Gasteiger partial charge in [-0.15, -0.1) is 0 Å². The lowest BCUT2D eigenvalue weighted by Gasteiger charge is -2.32. The van der Waals surface area contributed by atoms with Crippen molar-refractivity contribution in [2.75, 3.05) is 33.3 Å². The second-order valence-corrected chi connectivity index (χ2v) is 10.7. The fraction of sp³-hybridized carbons (Fsp3) is 0.542. The molecule has 0 saturated carbocycles. The molecule has 0 bridgehead atoms. The molecule has 2 aromatic rings. The highest BCUT2D eigenvalue weighted by atomic mass is 32.2. The van der Waals surface area contributed by atoms with Crippen LogP contribution in [-0.2, 0) is 10.0 Å². The van der Waals surface area contributed by atoms with E-state index in [1.807, 2.05) is 19.1 Å². The third kappa shape index (κ3) is 5.10. The van der Waals surface area contributed by atoms with Gasteiger partial charge in [0, 0.05) is 24.7 Å². The maximum absolute atomic E-state index is 13.4. The molecule has 8 nitrogen and oxygen atoms in total. The van der Waals surface area contributed by atoms with Crippen LogP contribution in [-0.4, -0.2) is 62.9 Å². The molecular weight excluding hydrogens is 442 g/mol. The van der Waals surface area contributed by atoms with Gasteiger partial charge in [0.05, 0.1) is 19.4 Å². The second-order valence-electron chi connectivity index (χ2n) is 8.81. The van der Waals surface area contributed by atoms with Crippen LogP contribution in [0.25, 0.3) is 0 Å². The van der Waals surface area contributed by atoms with Gasteiger partial charge in [-0.05, 0) is 76.0 Å². The molecule has 33 heavy (non-hydrogen) atoms. The number of furan rings is 1. The number of rotatable bonds is 8. The minimum Gasteiger partial charge on any atom is -0.495 e. The number of likely N-dealkylation sites (tertiary alicyclic amines) is 1. The van der Waals surface area contributed by atoms with Crippen molar-refractivity contribution < 1.29 is 22.4 Å². The van der Waals surface area contributed by atoms with E-state index in [0.717, 1.165) is 51.0 Å². The molecule has 0 unspecified atom stereocenters. The summed E-state index contributed by atoms with van der Waals surface area (Å²) >= 11 is 0. The van der Waals surface area contributed by atoms with Gasteiger partial charge in [-0.25, -0.2) is 8.42 Å². The Kier molecular flexibility index (Phi) is 7.41. The molecule has 2 atom stereocenters. The molecule has 2 saturated heterocycles. The van der Waals surface area contributed by atoms with Crippen molar-refractivity contribution in [2.45, 2.75) is 56.0 Å². The zero-order valence-electron chi connectivity index (χ0n) is 19.3. The molecule has 9 heteroatoms. The molecule has 1 amide bonds. The summed E-state index contributed by atoms with van der Waals surface area (Å²) in [6.07, 6.45) is 6.56. The monoisotopic (exact) mass is 475 g/mol. The van der Waals surface area contributed by atoms with Gasteiger partial charge in [-0.2, -0.15) is 4.31 Å². The van der Waals surface area contributed by atoms with Crippen LogP contribution in [0, 0.1) is 0 Å². The summed E-state index contributed by atoms with van der Waals surface area (Å²) in [4.78, 5) is 15.4. The largest absolute Gasteiger partial charge is 0.495 e. The summed E-state index contributed by atoms with van der Waals surface area (Å²) in [7, 11) is -2.34. The number of carbonyl (C=O) groups is 1. The van der Waals surface area contributed by atoms with Crippen molar-refractivity contribution in [2.24, 2.45) is 0 Å². The van der Waals surface area contributed by atoms with Crippen LogP contribution < -0.4 is 10.1 Å². The molecule has 0 spiro atoms. The SMILES string of the molecule is COc1ccc(C(=O)NC[C@@H](c2ccco2)N2CCCC2)cc1S(=O)(=O)N1CCCC[C@H]1C. The number of nitrogens with one attached hydrogen (secondary N) is 1. The van der Waals surface area contributed by atoms with Gasteiger partial charge in [0.1, 0.15) is 16.4 Å². The van der Waals surface area contributed by atoms with Gasteiger partial charge in [0.15, 0.2) is 0 Å². The van der Waals surface area contributed by atoms with Gasteiger partial charge in [-0.3, -0.25) is 9.69 Å². The number of hydrogen-bond acceptors (Lipinski definition) is 6. The van der Waals surface area contributed by atoms with Crippen molar-refractivity contribution >= 4 is 15.9 Å². The summed E-state index contributed by atoms with van der Waals surface area (Å²) in [5.74, 6) is 0.737. The van der Waals surface area contributed by atoms with Crippen LogP contribution in [0.5, 0.6) is 5.75 Å². The minimum atomic E-state index is -3.78. The molecule has 1 aromatic carbocycles. The van der Waals surface area contributed by atoms with E-state index in [9.17, 15) is 13.2 Å². The summed E-state index contributed by atoms with van der Waals surface area (Å²) < 4.78 is 39.4. The van der Waals surface area contributed by atoms with E-state index in [4.69, 9.17) is 9.15 Å². The molecule has 2 fully saturated rings. The maximum Gasteiger partial charge on any atom is 0.251 e. The first-order valence-electron chi connectivity index (χ1n) is 11.7. The molecule has 1 aromatic heterocycles. The number of piperidine rings is 1. The molecule has 0 aliphatic carbocycles. The van der Waals surface area contributed by atoms with Gasteiger partial charge >= 0.3 is 0 Å². The number of carbonyl (C=O) groups excluding carboxylic acids is 1. The molecule has 4 rings (SSSR count). The Morgan fingerprint density at radius 1 is 1.18 bits per heavy atom. The van der Waals surface area contributed by atoms with Crippen LogP contribution in [0.3, 0.4) is 0 Å². The number of ether oxygens (including phenoxy) is 1. The molecule has 3 heterocycles. The Morgan fingerprint density at radius 3 is 2.61 bits per heavy atom. The smallest absolute Gasteiger partial charge is 0.251 e. The van der Waals surface area contributed by atoms with E-state index < -0.39 is 10.0 Å². The van der Waals surface area contributed by atoms with Crippen molar-refractivity contribution in [3.8, 4) is 5.75 Å². The molecule has 1 N–H and O–H groups in total. The average Bonchev–Trinajstić information content (AvgIpc) is 3.54. The first kappa shape index (κ1) is 23.8. The lowest BCUT2D eigenvalue weighted by atomic mass is 10.1. The molecule has 180 valence electrons. The summed E-state index contributed by atoms with van der Waals surface area (Å²) in [5.41, 5.74) is 0.290. The van der Waals surface area contributed by atoms with Crippen molar-refractivity contribution in [1.29, 1.82) is 0 Å². The number of amides is 1. The van der Waals surface area contributed by atoms with Gasteiger partial charge < -0.3 is 14.5 Å². The first-order valence-corrected chi connectivity index (χ1v) is 13.1. The average molecular weight is 476 g/mol. The van der Waals surface area contributed by atoms with Crippen molar-refractivity contribution in [3.63, 3.8) is 0 Å². The van der Waals surface area contributed by atoms with E-state index in [1.165, 1.54) is 17.5 Å². The fourth-order valence-corrected chi connectivity index (χ4v) is 6.69. The summed E-state index contributed by atoms with van der Waals surface area (Å²) in [6, 6.07) is 8.23. The number of methoxy groups -OCH3 is 1. The Morgan fingerprint density at radius 2 is 1.94 bits per heavy atom. The predicted molar refractivity (Wildman–Crippen MR) is 125 cm³/mol. The highest BCUT2D eigenvalue weighted by Crippen LogP contribution is 2.32. The van der Waals surface area contributed by atoms with E-state index >= 15 is 0 Å². The Bertz CT molecular complexity index is 1050. The van der Waals surface area contributed by atoms with Gasteiger partial charge in [0.2, 0.25) is 10.0 Å². The lowest BCUT2D eigenvalue weighted by Crippen LogP contribution is -2.42. The van der Waals surface area contributed by atoms with E-state index in [0.29, 0.717) is 18.7 Å². The Balaban J connectivity index is 1.54. The quantitative estimate of drug-likeness (QED) is 0.629. The highest BCUT2D eigenvalue weighted by molar-refractivity contribution is 7.89. The van der Waals surface area contributed by atoms with Crippen molar-refractivity contribution in [3.05, 3.63) is 47.9 Å². The third-order valence-electron chi connectivity index (χ3n) is 6.66. The highest BCUT2D eigenvalue weighted by Gasteiger charge is 2.34. The van der Waals surface area contributed by atoms with Crippen LogP contribution in [0.1, 0.15) is 61.2 Å². The predicted octanol–water partition coefficient (Wildman–Crippen LogP) is 3.42. The van der Waals surface area contributed by atoms with Crippen molar-refractivity contribution in [1.82, 2.24) is 14.5 Å². The third-order valence-corrected chi connectivity index (χ3v) is 8.70. The lowest BCUT2D eigenvalue weighted by molar-refractivity contribution is 0.0933. The fourth-order valence-electron chi connectivity index (χ4n) is 4.81. The molecule has 0 radical (unpaired) electrons. The standard InChI is InChI=1S/C24H33N3O5S/c1-18-8-3-4-14-27(18)33(29,30)23-16-19(10-11-22(23)31-2)24(28)25-17-20(21-9-7-15-32-21)26-12-5-6-13-26/h7,9-11,15-16,18,20H,3-6,8,12-14,17H2,1-2H3,(H,25,28)/t18-,20+/m1/s1. The summed E-state index contributed by atoms with van der Waals surface area (Å²) in [5, 5.41) is 2.98. The zero-order valence-corrected chi connectivity index (χ0v) is 20.1. The van der Waals surface area contributed by atoms with Crippen LogP contribution in [0.15, 0.2) is 45.9 Å². The first-order chi connectivity index (χ1) is 15.9. The number of nitrogens with zero attached hydrogens (tertiary/aromatic N) is 2. The second kappa shape index (κ2) is 10.3. The number of benzene rings is 1.